The molecule has 114 valence electrons. The van der Waals surface area contributed by atoms with Crippen molar-refractivity contribution in [3.8, 4) is 11.5 Å². The molecule has 21 heavy (non-hydrogen) atoms. The van der Waals surface area contributed by atoms with E-state index in [0.29, 0.717) is 17.3 Å². The number of nitrogens with one attached hydrogen (secondary N) is 1. The average molecular weight is 311 g/mol. The van der Waals surface area contributed by atoms with Crippen LogP contribution in [0, 0.1) is 0 Å². The molecule has 2 heterocycles. The zero-order chi connectivity index (χ0) is 15.8. The molecule has 0 spiro atoms. The summed E-state index contributed by atoms with van der Waals surface area (Å²) >= 11 is 0. The van der Waals surface area contributed by atoms with Gasteiger partial charge in [-0.3, -0.25) is 9.48 Å². The molecule has 0 fully saturated rings. The standard InChI is InChI=1S/C12H17N5O3S/c1-8(21(4,19)20)12(18)14-10-7-9(15-17(10)3)11-13-5-6-16(11)2/h5-8H,1-4H3,(H,14,18). The summed E-state index contributed by atoms with van der Waals surface area (Å²) in [6, 6.07) is 1.65. The maximum absolute atomic E-state index is 11.9. The Hall–Kier alpha value is -2.16. The highest BCUT2D eigenvalue weighted by molar-refractivity contribution is 7.92. The van der Waals surface area contributed by atoms with Crippen LogP contribution in [-0.2, 0) is 28.7 Å². The summed E-state index contributed by atoms with van der Waals surface area (Å²) in [5, 5.41) is 5.70. The molecule has 0 saturated carbocycles. The lowest BCUT2D eigenvalue weighted by molar-refractivity contribution is -0.115. The average Bonchev–Trinajstić information content (AvgIpc) is 2.94. The molecule has 0 saturated heterocycles. The molecule has 0 aliphatic rings. The van der Waals surface area contributed by atoms with Crippen LogP contribution in [-0.4, -0.2) is 45.2 Å². The van der Waals surface area contributed by atoms with Crippen LogP contribution in [0.15, 0.2) is 18.5 Å². The van der Waals surface area contributed by atoms with Crippen LogP contribution in [0.25, 0.3) is 11.5 Å². The van der Waals surface area contributed by atoms with Crippen LogP contribution >= 0.6 is 0 Å². The first-order valence-electron chi connectivity index (χ1n) is 6.21. The number of nitrogens with zero attached hydrogens (tertiary/aromatic N) is 4. The number of aryl methyl sites for hydroxylation is 2. The van der Waals surface area contributed by atoms with E-state index in [1.807, 2.05) is 7.05 Å². The zero-order valence-corrected chi connectivity index (χ0v) is 13.0. The van der Waals surface area contributed by atoms with Gasteiger partial charge in [-0.15, -0.1) is 0 Å². The van der Waals surface area contributed by atoms with Crippen molar-refractivity contribution in [2.75, 3.05) is 11.6 Å². The number of imidazole rings is 1. The number of amides is 1. The number of carbonyl (C=O) groups is 1. The molecule has 1 amide bonds. The van der Waals surface area contributed by atoms with Gasteiger partial charge in [0.1, 0.15) is 16.8 Å². The molecule has 0 aliphatic carbocycles. The first-order chi connectivity index (χ1) is 9.70. The summed E-state index contributed by atoms with van der Waals surface area (Å²) in [5.74, 6) is 0.475. The first kappa shape index (κ1) is 15.2. The fourth-order valence-corrected chi connectivity index (χ4v) is 2.18. The predicted molar refractivity (Wildman–Crippen MR) is 78.3 cm³/mol. The van der Waals surface area contributed by atoms with Crippen molar-refractivity contribution in [3.63, 3.8) is 0 Å². The lowest BCUT2D eigenvalue weighted by Gasteiger charge is -2.09. The van der Waals surface area contributed by atoms with Gasteiger partial charge in [-0.2, -0.15) is 5.10 Å². The molecule has 2 rings (SSSR count). The Balaban J connectivity index is 2.25. The van der Waals surface area contributed by atoms with Gasteiger partial charge < -0.3 is 9.88 Å². The van der Waals surface area contributed by atoms with E-state index in [2.05, 4.69) is 15.4 Å². The van der Waals surface area contributed by atoms with Gasteiger partial charge in [0.2, 0.25) is 5.91 Å². The summed E-state index contributed by atoms with van der Waals surface area (Å²) in [6.45, 7) is 1.35. The first-order valence-corrected chi connectivity index (χ1v) is 8.17. The number of rotatable bonds is 4. The Morgan fingerprint density at radius 1 is 1.38 bits per heavy atom. The molecule has 2 aromatic heterocycles. The number of carbonyl (C=O) groups excluding carboxylic acids is 1. The van der Waals surface area contributed by atoms with Crippen LogP contribution in [0.1, 0.15) is 6.92 Å². The fraction of sp³-hybridized carbons (Fsp3) is 0.417. The maximum Gasteiger partial charge on any atom is 0.243 e. The van der Waals surface area contributed by atoms with Crippen molar-refractivity contribution in [2.24, 2.45) is 14.1 Å². The number of aromatic nitrogens is 4. The van der Waals surface area contributed by atoms with E-state index in [4.69, 9.17) is 0 Å². The summed E-state index contributed by atoms with van der Waals surface area (Å²) in [4.78, 5) is 16.1. The van der Waals surface area contributed by atoms with Crippen LogP contribution in [0.4, 0.5) is 5.82 Å². The van der Waals surface area contributed by atoms with E-state index in [1.165, 1.54) is 11.6 Å². The molecule has 9 heteroatoms. The van der Waals surface area contributed by atoms with Crippen molar-refractivity contribution in [1.29, 1.82) is 0 Å². The van der Waals surface area contributed by atoms with Crippen molar-refractivity contribution >= 4 is 21.6 Å². The Labute approximate surface area is 122 Å². The summed E-state index contributed by atoms with van der Waals surface area (Å²) in [7, 11) is 0.0579. The van der Waals surface area contributed by atoms with Gasteiger partial charge in [0.25, 0.3) is 0 Å². The molecule has 0 bridgehead atoms. The van der Waals surface area contributed by atoms with Gasteiger partial charge in [0, 0.05) is 38.8 Å². The molecule has 0 aliphatic heterocycles. The molecule has 1 N–H and O–H groups in total. The van der Waals surface area contributed by atoms with E-state index in [-0.39, 0.29) is 0 Å². The molecular formula is C12H17N5O3S. The normalized spacial score (nSPS) is 13.1. The van der Waals surface area contributed by atoms with Gasteiger partial charge in [-0.25, -0.2) is 13.4 Å². The highest BCUT2D eigenvalue weighted by Crippen LogP contribution is 2.19. The smallest absolute Gasteiger partial charge is 0.243 e. The second kappa shape index (κ2) is 5.32. The molecule has 0 radical (unpaired) electrons. The topological polar surface area (TPSA) is 98.9 Å². The summed E-state index contributed by atoms with van der Waals surface area (Å²) < 4.78 is 26.0. The Morgan fingerprint density at radius 2 is 2.05 bits per heavy atom. The van der Waals surface area contributed by atoms with E-state index in [9.17, 15) is 13.2 Å². The van der Waals surface area contributed by atoms with Crippen LogP contribution in [0.2, 0.25) is 0 Å². The maximum atomic E-state index is 11.9. The van der Waals surface area contributed by atoms with Gasteiger partial charge in [0.15, 0.2) is 15.7 Å². The Bertz CT molecular complexity index is 775. The monoisotopic (exact) mass is 311 g/mol. The third kappa shape index (κ3) is 3.13. The number of anilines is 1. The van der Waals surface area contributed by atoms with Crippen molar-refractivity contribution in [1.82, 2.24) is 19.3 Å². The van der Waals surface area contributed by atoms with E-state index < -0.39 is 21.0 Å². The summed E-state index contributed by atoms with van der Waals surface area (Å²) in [6.07, 6.45) is 4.46. The lowest BCUT2D eigenvalue weighted by Crippen LogP contribution is -2.32. The quantitative estimate of drug-likeness (QED) is 0.869. The van der Waals surface area contributed by atoms with Gasteiger partial charge >= 0.3 is 0 Å². The molecule has 1 atom stereocenters. The molecular weight excluding hydrogens is 294 g/mol. The van der Waals surface area contributed by atoms with Gasteiger partial charge in [0.05, 0.1) is 0 Å². The van der Waals surface area contributed by atoms with Crippen LogP contribution in [0.5, 0.6) is 0 Å². The van der Waals surface area contributed by atoms with Crippen molar-refractivity contribution in [2.45, 2.75) is 12.2 Å². The van der Waals surface area contributed by atoms with Gasteiger partial charge in [-0.05, 0) is 6.92 Å². The fourth-order valence-electron chi connectivity index (χ4n) is 1.73. The largest absolute Gasteiger partial charge is 0.333 e. The lowest BCUT2D eigenvalue weighted by atomic mass is 10.4. The minimum atomic E-state index is -3.44. The minimum Gasteiger partial charge on any atom is -0.333 e. The van der Waals surface area contributed by atoms with Crippen molar-refractivity contribution < 1.29 is 13.2 Å². The van der Waals surface area contributed by atoms with E-state index in [0.717, 1.165) is 6.26 Å². The second-order valence-electron chi connectivity index (χ2n) is 4.86. The molecule has 1 unspecified atom stereocenters. The molecule has 0 aromatic carbocycles. The molecule has 2 aromatic rings. The third-order valence-electron chi connectivity index (χ3n) is 3.19. The van der Waals surface area contributed by atoms with Crippen LogP contribution < -0.4 is 5.32 Å². The molecule has 8 nitrogen and oxygen atoms in total. The Kier molecular flexibility index (Phi) is 3.86. The highest BCUT2D eigenvalue weighted by atomic mass is 32.2. The summed E-state index contributed by atoms with van der Waals surface area (Å²) in [5.41, 5.74) is 0.590. The number of sulfone groups is 1. The highest BCUT2D eigenvalue weighted by Gasteiger charge is 2.24. The van der Waals surface area contributed by atoms with Crippen molar-refractivity contribution in [3.05, 3.63) is 18.5 Å². The van der Waals surface area contributed by atoms with E-state index in [1.54, 1.807) is 30.1 Å². The van der Waals surface area contributed by atoms with Gasteiger partial charge in [-0.1, -0.05) is 0 Å². The van der Waals surface area contributed by atoms with E-state index >= 15 is 0 Å². The Morgan fingerprint density at radius 3 is 2.57 bits per heavy atom. The van der Waals surface area contributed by atoms with Crippen LogP contribution in [0.3, 0.4) is 0 Å². The number of hydrogen-bond acceptors (Lipinski definition) is 5. The minimum absolute atomic E-state index is 0.411. The SMILES string of the molecule is CC(C(=O)Nc1cc(-c2nccn2C)nn1C)S(C)(=O)=O. The number of hydrogen-bond donors (Lipinski definition) is 1. The predicted octanol–water partition coefficient (Wildman–Crippen LogP) is 0.192. The third-order valence-corrected chi connectivity index (χ3v) is 4.69. The second-order valence-corrected chi connectivity index (χ2v) is 7.23. The zero-order valence-electron chi connectivity index (χ0n) is 12.2.